The van der Waals surface area contributed by atoms with Gasteiger partial charge in [0.2, 0.25) is 5.91 Å². The number of nitriles is 1. The second-order valence-electron chi connectivity index (χ2n) is 3.03. The number of carbonyl (C=O) groups is 1. The fraction of sp³-hybridized carbons (Fsp3) is 0.333. The van der Waals surface area contributed by atoms with Crippen molar-refractivity contribution in [2.24, 2.45) is 12.8 Å². The lowest BCUT2D eigenvalue weighted by Gasteiger charge is -2.01. The molecule has 0 radical (unpaired) electrons. The van der Waals surface area contributed by atoms with Crippen molar-refractivity contribution in [3.05, 3.63) is 23.5 Å². The number of hydroxylamine groups is 1. The number of primary amides is 1. The zero-order valence-corrected chi connectivity index (χ0v) is 8.36. The fourth-order valence-corrected chi connectivity index (χ4v) is 1.10. The van der Waals surface area contributed by atoms with E-state index in [2.05, 4.69) is 5.48 Å². The topological polar surface area (TPSA) is 93.1 Å². The van der Waals surface area contributed by atoms with Gasteiger partial charge >= 0.3 is 0 Å². The quantitative estimate of drug-likeness (QED) is 0.499. The first kappa shape index (κ1) is 11.2. The number of nitrogens with one attached hydrogen (secondary N) is 1. The number of nitrogens with zero attached hydrogens (tertiary/aromatic N) is 2. The molecule has 0 unspecified atom stereocenters. The van der Waals surface area contributed by atoms with Crippen molar-refractivity contribution in [3.63, 3.8) is 0 Å². The largest absolute Gasteiger partial charge is 0.368 e. The van der Waals surface area contributed by atoms with Crippen LogP contribution in [-0.2, 0) is 23.2 Å². The number of nitrogens with two attached hydrogens (primary N) is 1. The summed E-state index contributed by atoms with van der Waals surface area (Å²) in [6.07, 6.45) is 1.80. The third-order valence-corrected chi connectivity index (χ3v) is 1.77. The summed E-state index contributed by atoms with van der Waals surface area (Å²) in [6, 6.07) is 3.78. The van der Waals surface area contributed by atoms with E-state index in [-0.39, 0.29) is 6.61 Å². The van der Waals surface area contributed by atoms with Crippen molar-refractivity contribution in [2.75, 3.05) is 6.61 Å². The average molecular weight is 208 g/mol. The van der Waals surface area contributed by atoms with Crippen molar-refractivity contribution in [1.29, 1.82) is 5.26 Å². The molecule has 1 aromatic heterocycles. The van der Waals surface area contributed by atoms with Gasteiger partial charge in [0.25, 0.3) is 0 Å². The summed E-state index contributed by atoms with van der Waals surface area (Å²) in [5.74, 6) is -0.534. The summed E-state index contributed by atoms with van der Waals surface area (Å²) in [5, 5.41) is 8.69. The SMILES string of the molecule is Cn1cc(CNOCC(N)=O)cc1C#N. The summed E-state index contributed by atoms with van der Waals surface area (Å²) in [6.45, 7) is 0.251. The molecular formula is C9H12N4O2. The maximum Gasteiger partial charge on any atom is 0.245 e. The minimum Gasteiger partial charge on any atom is -0.368 e. The number of aromatic nitrogens is 1. The Labute approximate surface area is 87.2 Å². The van der Waals surface area contributed by atoms with Crippen LogP contribution in [0, 0.1) is 11.3 Å². The third kappa shape index (κ3) is 3.42. The zero-order chi connectivity index (χ0) is 11.3. The lowest BCUT2D eigenvalue weighted by atomic mass is 10.3. The molecule has 0 saturated carbocycles. The van der Waals surface area contributed by atoms with Crippen molar-refractivity contribution >= 4 is 5.91 Å². The van der Waals surface area contributed by atoms with Gasteiger partial charge in [-0.15, -0.1) is 0 Å². The second kappa shape index (κ2) is 5.14. The molecule has 1 aromatic rings. The number of rotatable bonds is 5. The molecule has 80 valence electrons. The van der Waals surface area contributed by atoms with Gasteiger partial charge < -0.3 is 10.3 Å². The highest BCUT2D eigenvalue weighted by Gasteiger charge is 2.01. The second-order valence-corrected chi connectivity index (χ2v) is 3.03. The Kier molecular flexibility index (Phi) is 3.85. The van der Waals surface area contributed by atoms with Gasteiger partial charge in [-0.2, -0.15) is 10.7 Å². The molecule has 1 amide bonds. The molecule has 0 aromatic carbocycles. The van der Waals surface area contributed by atoms with E-state index in [0.29, 0.717) is 12.2 Å². The number of hydrogen-bond acceptors (Lipinski definition) is 4. The molecule has 0 bridgehead atoms. The van der Waals surface area contributed by atoms with Gasteiger partial charge in [0.1, 0.15) is 18.4 Å². The highest BCUT2D eigenvalue weighted by molar-refractivity contribution is 5.74. The van der Waals surface area contributed by atoms with Crippen LogP contribution in [0.5, 0.6) is 0 Å². The van der Waals surface area contributed by atoms with Crippen molar-refractivity contribution < 1.29 is 9.63 Å². The number of amides is 1. The van der Waals surface area contributed by atoms with Crippen LogP contribution in [0.25, 0.3) is 0 Å². The molecule has 0 fully saturated rings. The monoisotopic (exact) mass is 208 g/mol. The first-order valence-corrected chi connectivity index (χ1v) is 4.31. The van der Waals surface area contributed by atoms with E-state index in [1.807, 2.05) is 6.07 Å². The molecule has 0 spiro atoms. The van der Waals surface area contributed by atoms with Gasteiger partial charge in [0.05, 0.1) is 0 Å². The molecule has 0 aliphatic heterocycles. The molecule has 0 saturated heterocycles. The molecule has 15 heavy (non-hydrogen) atoms. The van der Waals surface area contributed by atoms with Crippen LogP contribution in [-0.4, -0.2) is 17.1 Å². The predicted molar refractivity (Wildman–Crippen MR) is 52.1 cm³/mol. The van der Waals surface area contributed by atoms with Crippen LogP contribution >= 0.6 is 0 Å². The maximum atomic E-state index is 10.3. The van der Waals surface area contributed by atoms with Crippen LogP contribution in [0.1, 0.15) is 11.3 Å². The molecular weight excluding hydrogens is 196 g/mol. The normalized spacial score (nSPS) is 9.87. The first-order valence-electron chi connectivity index (χ1n) is 4.31. The minimum atomic E-state index is -0.534. The van der Waals surface area contributed by atoms with Gasteiger partial charge in [-0.1, -0.05) is 0 Å². The highest BCUT2D eigenvalue weighted by atomic mass is 16.6. The van der Waals surface area contributed by atoms with Crippen LogP contribution in [0.15, 0.2) is 12.3 Å². The summed E-state index contributed by atoms with van der Waals surface area (Å²) in [5.41, 5.74) is 8.92. The van der Waals surface area contributed by atoms with Gasteiger partial charge in [-0.25, -0.2) is 0 Å². The Hall–Kier alpha value is -1.84. The third-order valence-electron chi connectivity index (χ3n) is 1.77. The molecule has 6 heteroatoms. The Morgan fingerprint density at radius 3 is 3.07 bits per heavy atom. The summed E-state index contributed by atoms with van der Waals surface area (Å²) in [4.78, 5) is 15.1. The van der Waals surface area contributed by atoms with Crippen molar-refractivity contribution in [2.45, 2.75) is 6.54 Å². The molecule has 3 N–H and O–H groups in total. The lowest BCUT2D eigenvalue weighted by molar-refractivity contribution is -0.125. The van der Waals surface area contributed by atoms with Crippen LogP contribution in [0.2, 0.25) is 0 Å². The molecule has 0 aliphatic carbocycles. The molecule has 1 heterocycles. The Bertz CT molecular complexity index is 391. The Balaban J connectivity index is 2.38. The summed E-state index contributed by atoms with van der Waals surface area (Å²) >= 11 is 0. The van der Waals surface area contributed by atoms with E-state index in [9.17, 15) is 4.79 Å². The molecule has 1 rings (SSSR count). The summed E-state index contributed by atoms with van der Waals surface area (Å²) < 4.78 is 1.71. The van der Waals surface area contributed by atoms with Gasteiger partial charge in [0.15, 0.2) is 0 Å². The molecule has 0 atom stereocenters. The Morgan fingerprint density at radius 2 is 2.53 bits per heavy atom. The van der Waals surface area contributed by atoms with Crippen LogP contribution in [0.3, 0.4) is 0 Å². The zero-order valence-electron chi connectivity index (χ0n) is 8.36. The fourth-order valence-electron chi connectivity index (χ4n) is 1.10. The van der Waals surface area contributed by atoms with E-state index in [1.165, 1.54) is 0 Å². The number of hydrogen-bond donors (Lipinski definition) is 2. The lowest BCUT2D eigenvalue weighted by Crippen LogP contribution is -2.24. The predicted octanol–water partition coefficient (Wildman–Crippen LogP) is -0.597. The van der Waals surface area contributed by atoms with Crippen LogP contribution < -0.4 is 11.2 Å². The maximum absolute atomic E-state index is 10.3. The summed E-state index contributed by atoms with van der Waals surface area (Å²) in [7, 11) is 1.78. The smallest absolute Gasteiger partial charge is 0.245 e. The molecule has 0 aliphatic rings. The number of aryl methyl sites for hydroxylation is 1. The highest BCUT2D eigenvalue weighted by Crippen LogP contribution is 2.05. The van der Waals surface area contributed by atoms with E-state index in [1.54, 1.807) is 23.9 Å². The van der Waals surface area contributed by atoms with Crippen molar-refractivity contribution in [1.82, 2.24) is 10.0 Å². The van der Waals surface area contributed by atoms with E-state index in [4.69, 9.17) is 15.8 Å². The average Bonchev–Trinajstić information content (AvgIpc) is 2.53. The molecule has 6 nitrogen and oxygen atoms in total. The van der Waals surface area contributed by atoms with E-state index in [0.717, 1.165) is 5.56 Å². The number of carbonyl (C=O) groups excluding carboxylic acids is 1. The van der Waals surface area contributed by atoms with Gasteiger partial charge in [-0.3, -0.25) is 9.63 Å². The first-order chi connectivity index (χ1) is 7.13. The van der Waals surface area contributed by atoms with Crippen LogP contribution in [0.4, 0.5) is 0 Å². The standard InChI is InChI=1S/C9H12N4O2/c1-13-5-7(2-8(13)3-10)4-12-15-6-9(11)14/h2,5,12H,4,6H2,1H3,(H2,11,14). The Morgan fingerprint density at radius 1 is 1.80 bits per heavy atom. The van der Waals surface area contributed by atoms with Gasteiger partial charge in [0, 0.05) is 19.8 Å². The van der Waals surface area contributed by atoms with Crippen molar-refractivity contribution in [3.8, 4) is 6.07 Å². The van der Waals surface area contributed by atoms with Gasteiger partial charge in [-0.05, 0) is 11.6 Å². The van der Waals surface area contributed by atoms with E-state index < -0.39 is 5.91 Å². The minimum absolute atomic E-state index is 0.169. The van der Waals surface area contributed by atoms with E-state index >= 15 is 0 Å².